The van der Waals surface area contributed by atoms with Crippen LogP contribution in [0.5, 0.6) is 11.5 Å². The number of benzene rings is 1. The van der Waals surface area contributed by atoms with E-state index in [2.05, 4.69) is 13.0 Å². The Labute approximate surface area is 121 Å². The lowest BCUT2D eigenvalue weighted by molar-refractivity contribution is 0.166. The zero-order valence-electron chi connectivity index (χ0n) is 12.4. The van der Waals surface area contributed by atoms with Crippen molar-refractivity contribution in [2.75, 3.05) is 26.9 Å². The lowest BCUT2D eigenvalue weighted by Gasteiger charge is -2.17. The summed E-state index contributed by atoms with van der Waals surface area (Å²) >= 11 is 0. The maximum absolute atomic E-state index is 6.06. The Morgan fingerprint density at radius 1 is 1.45 bits per heavy atom. The molecule has 2 unspecified atom stereocenters. The van der Waals surface area contributed by atoms with Crippen molar-refractivity contribution in [3.8, 4) is 11.5 Å². The Morgan fingerprint density at radius 2 is 2.30 bits per heavy atom. The summed E-state index contributed by atoms with van der Waals surface area (Å²) in [7, 11) is 1.67. The SMILES string of the molecule is CCC(N)Cc1ccc(OC)cc1OCC1CCOC1. The van der Waals surface area contributed by atoms with Gasteiger partial charge in [-0.2, -0.15) is 0 Å². The van der Waals surface area contributed by atoms with Gasteiger partial charge in [0.05, 0.1) is 20.3 Å². The van der Waals surface area contributed by atoms with Crippen molar-refractivity contribution in [1.82, 2.24) is 0 Å². The van der Waals surface area contributed by atoms with Gasteiger partial charge in [0.1, 0.15) is 11.5 Å². The molecule has 0 aliphatic carbocycles. The molecule has 2 N–H and O–H groups in total. The van der Waals surface area contributed by atoms with E-state index in [-0.39, 0.29) is 6.04 Å². The molecule has 20 heavy (non-hydrogen) atoms. The molecule has 2 atom stereocenters. The molecular formula is C16H25NO3. The summed E-state index contributed by atoms with van der Waals surface area (Å²) in [6.07, 6.45) is 2.87. The van der Waals surface area contributed by atoms with Crippen molar-refractivity contribution in [2.24, 2.45) is 11.7 Å². The second-order valence-electron chi connectivity index (χ2n) is 5.39. The van der Waals surface area contributed by atoms with Crippen LogP contribution in [-0.4, -0.2) is 33.0 Å². The topological polar surface area (TPSA) is 53.7 Å². The van der Waals surface area contributed by atoms with Gasteiger partial charge >= 0.3 is 0 Å². The second-order valence-corrected chi connectivity index (χ2v) is 5.39. The van der Waals surface area contributed by atoms with Crippen LogP contribution in [0, 0.1) is 5.92 Å². The van der Waals surface area contributed by atoms with E-state index in [1.54, 1.807) is 7.11 Å². The first-order chi connectivity index (χ1) is 9.72. The van der Waals surface area contributed by atoms with Crippen LogP contribution in [-0.2, 0) is 11.2 Å². The van der Waals surface area contributed by atoms with E-state index in [9.17, 15) is 0 Å². The van der Waals surface area contributed by atoms with Gasteiger partial charge in [-0.05, 0) is 30.9 Å². The van der Waals surface area contributed by atoms with E-state index in [0.717, 1.165) is 49.5 Å². The molecular weight excluding hydrogens is 254 g/mol. The van der Waals surface area contributed by atoms with Crippen molar-refractivity contribution >= 4 is 0 Å². The van der Waals surface area contributed by atoms with Gasteiger partial charge in [0.15, 0.2) is 0 Å². The predicted octanol–water partition coefficient (Wildman–Crippen LogP) is 2.39. The van der Waals surface area contributed by atoms with Gasteiger partial charge in [-0.15, -0.1) is 0 Å². The molecule has 4 nitrogen and oxygen atoms in total. The third-order valence-corrected chi connectivity index (χ3v) is 3.78. The Morgan fingerprint density at radius 3 is 2.95 bits per heavy atom. The lowest BCUT2D eigenvalue weighted by Crippen LogP contribution is -2.22. The number of rotatable bonds is 7. The summed E-state index contributed by atoms with van der Waals surface area (Å²) in [6, 6.07) is 6.13. The maximum Gasteiger partial charge on any atom is 0.126 e. The molecule has 0 aromatic heterocycles. The fourth-order valence-corrected chi connectivity index (χ4v) is 2.31. The largest absolute Gasteiger partial charge is 0.497 e. The van der Waals surface area contributed by atoms with Crippen LogP contribution in [0.25, 0.3) is 0 Å². The molecule has 0 bridgehead atoms. The van der Waals surface area contributed by atoms with Crippen LogP contribution in [0.3, 0.4) is 0 Å². The number of ether oxygens (including phenoxy) is 3. The average Bonchev–Trinajstić information content (AvgIpc) is 2.99. The van der Waals surface area contributed by atoms with Crippen molar-refractivity contribution in [3.63, 3.8) is 0 Å². The van der Waals surface area contributed by atoms with Crippen LogP contribution >= 0.6 is 0 Å². The van der Waals surface area contributed by atoms with E-state index in [1.165, 1.54) is 0 Å². The second kappa shape index (κ2) is 7.50. The minimum Gasteiger partial charge on any atom is -0.497 e. The third-order valence-electron chi connectivity index (χ3n) is 3.78. The number of nitrogens with two attached hydrogens (primary N) is 1. The summed E-state index contributed by atoms with van der Waals surface area (Å²) in [4.78, 5) is 0. The summed E-state index contributed by atoms with van der Waals surface area (Å²) < 4.78 is 16.6. The summed E-state index contributed by atoms with van der Waals surface area (Å²) in [5.41, 5.74) is 7.21. The smallest absolute Gasteiger partial charge is 0.126 e. The summed E-state index contributed by atoms with van der Waals surface area (Å²) in [6.45, 7) is 4.44. The Balaban J connectivity index is 2.05. The molecule has 2 rings (SSSR count). The summed E-state index contributed by atoms with van der Waals surface area (Å²) in [5.74, 6) is 2.20. The van der Waals surface area contributed by atoms with Crippen LogP contribution < -0.4 is 15.2 Å². The molecule has 1 aliphatic rings. The fraction of sp³-hybridized carbons (Fsp3) is 0.625. The van der Waals surface area contributed by atoms with E-state index in [1.807, 2.05) is 12.1 Å². The first-order valence-corrected chi connectivity index (χ1v) is 7.36. The number of hydrogen-bond donors (Lipinski definition) is 1. The van der Waals surface area contributed by atoms with Gasteiger partial charge in [-0.1, -0.05) is 13.0 Å². The highest BCUT2D eigenvalue weighted by Gasteiger charge is 2.17. The van der Waals surface area contributed by atoms with E-state index < -0.39 is 0 Å². The van der Waals surface area contributed by atoms with Gasteiger partial charge in [-0.25, -0.2) is 0 Å². The molecule has 0 saturated carbocycles. The molecule has 1 aromatic rings. The third kappa shape index (κ3) is 4.12. The zero-order chi connectivity index (χ0) is 14.4. The van der Waals surface area contributed by atoms with E-state index >= 15 is 0 Å². The Kier molecular flexibility index (Phi) is 5.68. The Bertz CT molecular complexity index is 416. The molecule has 1 aliphatic heterocycles. The highest BCUT2D eigenvalue weighted by Crippen LogP contribution is 2.27. The van der Waals surface area contributed by atoms with Crippen LogP contribution in [0.1, 0.15) is 25.3 Å². The van der Waals surface area contributed by atoms with Gasteiger partial charge in [0, 0.05) is 24.6 Å². The number of hydrogen-bond acceptors (Lipinski definition) is 4. The van der Waals surface area contributed by atoms with Crippen molar-refractivity contribution in [2.45, 2.75) is 32.2 Å². The minimum atomic E-state index is 0.167. The quantitative estimate of drug-likeness (QED) is 0.832. The van der Waals surface area contributed by atoms with Crippen LogP contribution in [0.4, 0.5) is 0 Å². The van der Waals surface area contributed by atoms with Crippen molar-refractivity contribution in [1.29, 1.82) is 0 Å². The minimum absolute atomic E-state index is 0.167. The monoisotopic (exact) mass is 279 g/mol. The molecule has 1 aromatic carbocycles. The molecule has 4 heteroatoms. The Hall–Kier alpha value is -1.26. The van der Waals surface area contributed by atoms with E-state index in [4.69, 9.17) is 19.9 Å². The van der Waals surface area contributed by atoms with Crippen molar-refractivity contribution < 1.29 is 14.2 Å². The molecule has 1 heterocycles. The first kappa shape index (κ1) is 15.1. The molecule has 112 valence electrons. The van der Waals surface area contributed by atoms with Gasteiger partial charge in [-0.3, -0.25) is 0 Å². The molecule has 0 radical (unpaired) electrons. The average molecular weight is 279 g/mol. The summed E-state index contributed by atoms with van der Waals surface area (Å²) in [5, 5.41) is 0. The maximum atomic E-state index is 6.06. The van der Waals surface area contributed by atoms with Crippen LogP contribution in [0.15, 0.2) is 18.2 Å². The van der Waals surface area contributed by atoms with Gasteiger partial charge in [0.2, 0.25) is 0 Å². The number of methoxy groups -OCH3 is 1. The first-order valence-electron chi connectivity index (χ1n) is 7.36. The highest BCUT2D eigenvalue weighted by atomic mass is 16.5. The predicted molar refractivity (Wildman–Crippen MR) is 79.4 cm³/mol. The fourth-order valence-electron chi connectivity index (χ4n) is 2.31. The standard InChI is InChI=1S/C16H25NO3/c1-3-14(17)8-13-4-5-15(18-2)9-16(13)20-11-12-6-7-19-10-12/h4-5,9,12,14H,3,6-8,10-11,17H2,1-2H3. The lowest BCUT2D eigenvalue weighted by atomic mass is 10.0. The normalized spacial score (nSPS) is 19.9. The van der Waals surface area contributed by atoms with Crippen LogP contribution in [0.2, 0.25) is 0 Å². The zero-order valence-corrected chi connectivity index (χ0v) is 12.4. The van der Waals surface area contributed by atoms with E-state index in [0.29, 0.717) is 12.5 Å². The van der Waals surface area contributed by atoms with Gasteiger partial charge in [0.25, 0.3) is 0 Å². The highest BCUT2D eigenvalue weighted by molar-refractivity contribution is 5.41. The molecule has 1 saturated heterocycles. The van der Waals surface area contributed by atoms with Crippen molar-refractivity contribution in [3.05, 3.63) is 23.8 Å². The van der Waals surface area contributed by atoms with Gasteiger partial charge < -0.3 is 19.9 Å². The molecule has 0 spiro atoms. The molecule has 1 fully saturated rings. The molecule has 0 amide bonds.